The SMILES string of the molecule is CCn1nccc1C(=O)N1CCc2c(cn(C)c(=O)c2C(=O)NCc2ccsc2)C1. The highest BCUT2D eigenvalue weighted by atomic mass is 32.1. The van der Waals surface area contributed by atoms with Crippen LogP contribution >= 0.6 is 11.3 Å². The summed E-state index contributed by atoms with van der Waals surface area (Å²) in [6, 6.07) is 3.65. The lowest BCUT2D eigenvalue weighted by atomic mass is 9.96. The third-order valence-electron chi connectivity index (χ3n) is 5.35. The van der Waals surface area contributed by atoms with Crippen molar-refractivity contribution in [3.63, 3.8) is 0 Å². The Hall–Kier alpha value is -3.20. The Morgan fingerprint density at radius 3 is 2.87 bits per heavy atom. The summed E-state index contributed by atoms with van der Waals surface area (Å²) in [5.41, 5.74) is 2.95. The van der Waals surface area contributed by atoms with E-state index in [-0.39, 0.29) is 22.9 Å². The van der Waals surface area contributed by atoms with Gasteiger partial charge in [0, 0.05) is 45.6 Å². The van der Waals surface area contributed by atoms with Gasteiger partial charge in [0.05, 0.1) is 0 Å². The Morgan fingerprint density at radius 1 is 1.30 bits per heavy atom. The van der Waals surface area contributed by atoms with Crippen molar-refractivity contribution in [2.45, 2.75) is 33.0 Å². The predicted molar refractivity (Wildman–Crippen MR) is 114 cm³/mol. The highest BCUT2D eigenvalue weighted by molar-refractivity contribution is 7.07. The summed E-state index contributed by atoms with van der Waals surface area (Å²) in [5, 5.41) is 10.9. The molecule has 0 saturated heterocycles. The van der Waals surface area contributed by atoms with E-state index in [2.05, 4.69) is 10.4 Å². The molecule has 3 aromatic heterocycles. The monoisotopic (exact) mass is 425 g/mol. The zero-order valence-electron chi connectivity index (χ0n) is 16.9. The molecule has 3 aromatic rings. The highest BCUT2D eigenvalue weighted by Crippen LogP contribution is 2.22. The van der Waals surface area contributed by atoms with Crippen LogP contribution in [0.5, 0.6) is 0 Å². The molecule has 0 bridgehead atoms. The summed E-state index contributed by atoms with van der Waals surface area (Å²) < 4.78 is 3.09. The number of hydrogen-bond acceptors (Lipinski definition) is 5. The molecule has 0 aliphatic carbocycles. The Labute approximate surface area is 177 Å². The minimum Gasteiger partial charge on any atom is -0.348 e. The van der Waals surface area contributed by atoms with Crippen molar-refractivity contribution in [2.75, 3.05) is 6.54 Å². The number of amides is 2. The van der Waals surface area contributed by atoms with E-state index in [1.165, 1.54) is 4.57 Å². The fraction of sp³-hybridized carbons (Fsp3) is 0.333. The van der Waals surface area contributed by atoms with Crippen molar-refractivity contribution in [1.29, 1.82) is 0 Å². The summed E-state index contributed by atoms with van der Waals surface area (Å²) in [4.78, 5) is 40.3. The number of fused-ring (bicyclic) bond motifs is 1. The van der Waals surface area contributed by atoms with E-state index in [9.17, 15) is 14.4 Å². The zero-order chi connectivity index (χ0) is 21.3. The summed E-state index contributed by atoms with van der Waals surface area (Å²) in [5.74, 6) is -0.472. The van der Waals surface area contributed by atoms with Gasteiger partial charge in [-0.05, 0) is 52.9 Å². The molecule has 1 aliphatic rings. The van der Waals surface area contributed by atoms with Crippen LogP contribution < -0.4 is 10.9 Å². The number of carbonyl (C=O) groups is 2. The summed E-state index contributed by atoms with van der Waals surface area (Å²) in [6.07, 6.45) is 3.80. The second kappa shape index (κ2) is 8.27. The van der Waals surface area contributed by atoms with Crippen LogP contribution in [0.15, 0.2) is 40.1 Å². The van der Waals surface area contributed by atoms with E-state index in [4.69, 9.17) is 0 Å². The summed E-state index contributed by atoms with van der Waals surface area (Å²) in [6.45, 7) is 3.72. The molecule has 0 aromatic carbocycles. The number of nitrogens with zero attached hydrogens (tertiary/aromatic N) is 4. The number of hydrogen-bond donors (Lipinski definition) is 1. The lowest BCUT2D eigenvalue weighted by molar-refractivity contribution is 0.0721. The molecule has 1 N–H and O–H groups in total. The van der Waals surface area contributed by atoms with Crippen LogP contribution in [0, 0.1) is 0 Å². The smallest absolute Gasteiger partial charge is 0.272 e. The maximum absolute atomic E-state index is 13.0. The lowest BCUT2D eigenvalue weighted by Gasteiger charge is -2.30. The minimum absolute atomic E-state index is 0.0997. The van der Waals surface area contributed by atoms with Crippen molar-refractivity contribution in [3.8, 4) is 0 Å². The third kappa shape index (κ3) is 3.68. The van der Waals surface area contributed by atoms with Gasteiger partial charge in [-0.25, -0.2) is 0 Å². The molecule has 0 unspecified atom stereocenters. The fourth-order valence-electron chi connectivity index (χ4n) is 3.79. The molecular weight excluding hydrogens is 402 g/mol. The van der Waals surface area contributed by atoms with Gasteiger partial charge >= 0.3 is 0 Å². The molecular formula is C21H23N5O3S. The van der Waals surface area contributed by atoms with Crippen LogP contribution in [-0.4, -0.2) is 37.6 Å². The Balaban J connectivity index is 1.60. The Kier molecular flexibility index (Phi) is 5.54. The van der Waals surface area contributed by atoms with Gasteiger partial charge in [-0.15, -0.1) is 0 Å². The molecule has 30 heavy (non-hydrogen) atoms. The van der Waals surface area contributed by atoms with Gasteiger partial charge in [-0.1, -0.05) is 0 Å². The quantitative estimate of drug-likeness (QED) is 0.675. The largest absolute Gasteiger partial charge is 0.348 e. The fourth-order valence-corrected chi connectivity index (χ4v) is 4.46. The van der Waals surface area contributed by atoms with Crippen molar-refractivity contribution >= 4 is 23.2 Å². The van der Waals surface area contributed by atoms with Gasteiger partial charge in [0.25, 0.3) is 17.4 Å². The van der Waals surface area contributed by atoms with Crippen LogP contribution in [0.25, 0.3) is 0 Å². The lowest BCUT2D eigenvalue weighted by Crippen LogP contribution is -2.41. The normalized spacial score (nSPS) is 13.2. The molecule has 0 fully saturated rings. The molecule has 156 valence electrons. The van der Waals surface area contributed by atoms with Crippen LogP contribution in [0.4, 0.5) is 0 Å². The number of thiophene rings is 1. The van der Waals surface area contributed by atoms with Crippen LogP contribution in [0.3, 0.4) is 0 Å². The first-order valence-corrected chi connectivity index (χ1v) is 10.8. The Bertz CT molecular complexity index is 1150. The van der Waals surface area contributed by atoms with Crippen LogP contribution in [-0.2, 0) is 33.1 Å². The van der Waals surface area contributed by atoms with E-state index < -0.39 is 0 Å². The molecule has 1 aliphatic heterocycles. The number of nitrogens with one attached hydrogen (secondary N) is 1. The van der Waals surface area contributed by atoms with Crippen molar-refractivity contribution in [1.82, 2.24) is 24.6 Å². The molecule has 2 amide bonds. The van der Waals surface area contributed by atoms with Gasteiger partial charge in [0.15, 0.2) is 0 Å². The molecule has 9 heteroatoms. The minimum atomic E-state index is -0.373. The maximum Gasteiger partial charge on any atom is 0.272 e. The topological polar surface area (TPSA) is 89.2 Å². The molecule has 8 nitrogen and oxygen atoms in total. The first-order chi connectivity index (χ1) is 14.5. The van der Waals surface area contributed by atoms with E-state index in [0.717, 1.165) is 16.7 Å². The van der Waals surface area contributed by atoms with E-state index in [1.807, 2.05) is 23.8 Å². The molecule has 4 rings (SSSR count). The zero-order valence-corrected chi connectivity index (χ0v) is 17.7. The predicted octanol–water partition coefficient (Wildman–Crippen LogP) is 1.79. The van der Waals surface area contributed by atoms with Crippen molar-refractivity contribution in [3.05, 3.63) is 73.6 Å². The number of pyridine rings is 1. The number of aryl methyl sites for hydroxylation is 2. The van der Waals surface area contributed by atoms with E-state index >= 15 is 0 Å². The standard InChI is InChI=1S/C21H23N5O3S/c1-3-26-17(4-7-23-26)20(28)25-8-5-16-15(12-25)11-24(2)21(29)18(16)19(27)22-10-14-6-9-30-13-14/h4,6-7,9,11,13H,3,5,8,10,12H2,1-2H3,(H,22,27). The van der Waals surface area contributed by atoms with Crippen molar-refractivity contribution in [2.24, 2.45) is 7.05 Å². The summed E-state index contributed by atoms with van der Waals surface area (Å²) in [7, 11) is 1.63. The van der Waals surface area contributed by atoms with E-state index in [0.29, 0.717) is 38.3 Å². The Morgan fingerprint density at radius 2 is 2.13 bits per heavy atom. The number of rotatable bonds is 5. The van der Waals surface area contributed by atoms with Crippen LogP contribution in [0.2, 0.25) is 0 Å². The maximum atomic E-state index is 13.0. The number of aromatic nitrogens is 3. The first kappa shape index (κ1) is 20.1. The molecule has 0 radical (unpaired) electrons. The molecule has 4 heterocycles. The van der Waals surface area contributed by atoms with Gasteiger partial charge < -0.3 is 14.8 Å². The van der Waals surface area contributed by atoms with Crippen LogP contribution in [0.1, 0.15) is 44.5 Å². The third-order valence-corrected chi connectivity index (χ3v) is 6.08. The average molecular weight is 426 g/mol. The highest BCUT2D eigenvalue weighted by Gasteiger charge is 2.29. The molecule has 0 saturated carbocycles. The van der Waals surface area contributed by atoms with Gasteiger partial charge in [0.2, 0.25) is 0 Å². The van der Waals surface area contributed by atoms with Gasteiger partial charge in [-0.2, -0.15) is 16.4 Å². The second-order valence-corrected chi connectivity index (χ2v) is 8.03. The van der Waals surface area contributed by atoms with E-state index in [1.54, 1.807) is 46.4 Å². The number of carbonyl (C=O) groups excluding carboxylic acids is 2. The molecule has 0 spiro atoms. The average Bonchev–Trinajstić information content (AvgIpc) is 3.43. The first-order valence-electron chi connectivity index (χ1n) is 9.81. The molecule has 0 atom stereocenters. The van der Waals surface area contributed by atoms with Crippen molar-refractivity contribution < 1.29 is 9.59 Å². The van der Waals surface area contributed by atoms with Gasteiger partial charge in [0.1, 0.15) is 11.3 Å². The van der Waals surface area contributed by atoms with Gasteiger partial charge in [-0.3, -0.25) is 19.1 Å². The summed E-state index contributed by atoms with van der Waals surface area (Å²) >= 11 is 1.56. The second-order valence-electron chi connectivity index (χ2n) is 7.25.